The van der Waals surface area contributed by atoms with Gasteiger partial charge in [0, 0.05) is 19.5 Å². The zero-order valence-electron chi connectivity index (χ0n) is 18.9. The Morgan fingerprint density at radius 2 is 1.65 bits per heavy atom. The standard InChI is InChI=1S/C27H27Cl2FN2O2/c1-2-14-31-27(34)25(16-19-8-4-3-5-9-19)32(18-20-12-13-22(28)23(29)15-20)26(33)17-21-10-6-7-11-24(21)30/h3-13,15,25H,2,14,16-18H2,1H3,(H,31,34)/t25-/m1/s1. The fraction of sp³-hybridized carbons (Fsp3) is 0.259. The average molecular weight is 501 g/mol. The number of carbonyl (C=O) groups is 2. The van der Waals surface area contributed by atoms with Crippen molar-refractivity contribution in [3.05, 3.63) is 105 Å². The molecule has 0 aliphatic heterocycles. The highest BCUT2D eigenvalue weighted by molar-refractivity contribution is 6.42. The molecule has 0 aliphatic carbocycles. The van der Waals surface area contributed by atoms with Gasteiger partial charge in [-0.1, -0.05) is 84.7 Å². The molecule has 0 saturated heterocycles. The predicted molar refractivity (Wildman–Crippen MR) is 134 cm³/mol. The lowest BCUT2D eigenvalue weighted by Crippen LogP contribution is -2.51. The number of carbonyl (C=O) groups excluding carboxylic acids is 2. The molecule has 2 amide bonds. The van der Waals surface area contributed by atoms with E-state index in [1.165, 1.54) is 11.0 Å². The third-order valence-electron chi connectivity index (χ3n) is 5.46. The molecule has 4 nitrogen and oxygen atoms in total. The Kier molecular flexibility index (Phi) is 9.49. The third kappa shape index (κ3) is 7.05. The van der Waals surface area contributed by atoms with Crippen molar-refractivity contribution >= 4 is 35.0 Å². The van der Waals surface area contributed by atoms with Gasteiger partial charge in [0.25, 0.3) is 0 Å². The SMILES string of the molecule is CCCNC(=O)[C@@H](Cc1ccccc1)N(Cc1ccc(Cl)c(Cl)c1)C(=O)Cc1ccccc1F. The van der Waals surface area contributed by atoms with Gasteiger partial charge >= 0.3 is 0 Å². The highest BCUT2D eigenvalue weighted by atomic mass is 35.5. The summed E-state index contributed by atoms with van der Waals surface area (Å²) >= 11 is 12.3. The molecule has 34 heavy (non-hydrogen) atoms. The van der Waals surface area contributed by atoms with Crippen LogP contribution in [0.2, 0.25) is 10.0 Å². The maximum absolute atomic E-state index is 14.3. The van der Waals surface area contributed by atoms with E-state index in [4.69, 9.17) is 23.2 Å². The van der Waals surface area contributed by atoms with Gasteiger partial charge in [-0.3, -0.25) is 9.59 Å². The van der Waals surface area contributed by atoms with Crippen LogP contribution < -0.4 is 5.32 Å². The Hall–Kier alpha value is -2.89. The fourth-order valence-electron chi connectivity index (χ4n) is 3.66. The molecule has 178 valence electrons. The largest absolute Gasteiger partial charge is 0.354 e. The minimum absolute atomic E-state index is 0.126. The van der Waals surface area contributed by atoms with Crippen LogP contribution in [0.1, 0.15) is 30.0 Å². The molecular weight excluding hydrogens is 474 g/mol. The van der Waals surface area contributed by atoms with Gasteiger partial charge < -0.3 is 10.2 Å². The van der Waals surface area contributed by atoms with E-state index in [1.807, 2.05) is 37.3 Å². The molecule has 0 aliphatic rings. The van der Waals surface area contributed by atoms with Crippen LogP contribution in [0.25, 0.3) is 0 Å². The van der Waals surface area contributed by atoms with Crippen molar-refractivity contribution < 1.29 is 14.0 Å². The van der Waals surface area contributed by atoms with E-state index in [9.17, 15) is 14.0 Å². The van der Waals surface area contributed by atoms with Gasteiger partial charge in [-0.2, -0.15) is 0 Å². The second-order valence-electron chi connectivity index (χ2n) is 8.03. The molecule has 7 heteroatoms. The van der Waals surface area contributed by atoms with Gasteiger partial charge in [-0.25, -0.2) is 4.39 Å². The van der Waals surface area contributed by atoms with Crippen LogP contribution in [0.3, 0.4) is 0 Å². The fourth-order valence-corrected chi connectivity index (χ4v) is 3.98. The van der Waals surface area contributed by atoms with Crippen molar-refractivity contribution in [2.24, 2.45) is 0 Å². The lowest BCUT2D eigenvalue weighted by Gasteiger charge is -2.32. The number of nitrogens with one attached hydrogen (secondary N) is 1. The van der Waals surface area contributed by atoms with E-state index in [2.05, 4.69) is 5.32 Å². The van der Waals surface area contributed by atoms with E-state index in [0.29, 0.717) is 23.0 Å². The number of halogens is 3. The van der Waals surface area contributed by atoms with Gasteiger partial charge in [0.1, 0.15) is 11.9 Å². The lowest BCUT2D eigenvalue weighted by atomic mass is 10.0. The molecule has 3 aromatic rings. The summed E-state index contributed by atoms with van der Waals surface area (Å²) in [5.41, 5.74) is 1.91. The number of nitrogens with zero attached hydrogens (tertiary/aromatic N) is 1. The first-order chi connectivity index (χ1) is 16.4. The van der Waals surface area contributed by atoms with Crippen LogP contribution in [0, 0.1) is 5.82 Å². The number of benzene rings is 3. The molecule has 3 rings (SSSR count). The normalized spacial score (nSPS) is 11.6. The minimum atomic E-state index is -0.789. The molecule has 3 aromatic carbocycles. The zero-order chi connectivity index (χ0) is 24.5. The van der Waals surface area contributed by atoms with Crippen LogP contribution in [0.4, 0.5) is 4.39 Å². The molecule has 0 bridgehead atoms. The van der Waals surface area contributed by atoms with E-state index in [0.717, 1.165) is 17.5 Å². The first-order valence-electron chi connectivity index (χ1n) is 11.2. The van der Waals surface area contributed by atoms with Crippen molar-refractivity contribution in [2.75, 3.05) is 6.54 Å². The highest BCUT2D eigenvalue weighted by Crippen LogP contribution is 2.25. The second-order valence-corrected chi connectivity index (χ2v) is 8.85. The Bertz CT molecular complexity index is 1120. The Balaban J connectivity index is 1.98. The molecule has 1 atom stereocenters. The minimum Gasteiger partial charge on any atom is -0.354 e. The third-order valence-corrected chi connectivity index (χ3v) is 6.20. The Morgan fingerprint density at radius 3 is 2.32 bits per heavy atom. The second kappa shape index (κ2) is 12.5. The van der Waals surface area contributed by atoms with Gasteiger partial charge in [0.2, 0.25) is 11.8 Å². The molecule has 0 radical (unpaired) electrons. The van der Waals surface area contributed by atoms with Gasteiger partial charge in [0.15, 0.2) is 0 Å². The summed E-state index contributed by atoms with van der Waals surface area (Å²) in [6.07, 6.45) is 0.917. The molecule has 1 N–H and O–H groups in total. The van der Waals surface area contributed by atoms with Crippen LogP contribution in [-0.2, 0) is 29.0 Å². The summed E-state index contributed by atoms with van der Waals surface area (Å²) in [5, 5.41) is 3.67. The molecule has 0 unspecified atom stereocenters. The average Bonchev–Trinajstić information content (AvgIpc) is 2.84. The van der Waals surface area contributed by atoms with E-state index in [1.54, 1.807) is 36.4 Å². The number of amides is 2. The van der Waals surface area contributed by atoms with Crippen LogP contribution in [0.15, 0.2) is 72.8 Å². The quantitative estimate of drug-likeness (QED) is 0.380. The topological polar surface area (TPSA) is 49.4 Å². The van der Waals surface area contributed by atoms with E-state index in [-0.39, 0.29) is 30.3 Å². The monoisotopic (exact) mass is 500 g/mol. The molecule has 0 saturated carbocycles. The van der Waals surface area contributed by atoms with Gasteiger partial charge in [-0.05, 0) is 41.3 Å². The smallest absolute Gasteiger partial charge is 0.243 e. The van der Waals surface area contributed by atoms with Crippen molar-refractivity contribution in [1.29, 1.82) is 0 Å². The molecule has 0 fully saturated rings. The van der Waals surface area contributed by atoms with E-state index >= 15 is 0 Å². The van der Waals surface area contributed by atoms with Crippen molar-refractivity contribution in [2.45, 2.75) is 38.8 Å². The summed E-state index contributed by atoms with van der Waals surface area (Å²) < 4.78 is 14.3. The maximum atomic E-state index is 14.3. The summed E-state index contributed by atoms with van der Waals surface area (Å²) in [7, 11) is 0. The van der Waals surface area contributed by atoms with Crippen molar-refractivity contribution in [3.63, 3.8) is 0 Å². The van der Waals surface area contributed by atoms with E-state index < -0.39 is 11.9 Å². The van der Waals surface area contributed by atoms with Crippen molar-refractivity contribution in [3.8, 4) is 0 Å². The Labute approximate surface area is 209 Å². The summed E-state index contributed by atoms with van der Waals surface area (Å²) in [5.74, 6) is -1.07. The summed E-state index contributed by atoms with van der Waals surface area (Å²) in [6.45, 7) is 2.58. The molecule has 0 spiro atoms. The lowest BCUT2D eigenvalue weighted by molar-refractivity contribution is -0.140. The number of hydrogen-bond acceptors (Lipinski definition) is 2. The van der Waals surface area contributed by atoms with Gasteiger partial charge in [-0.15, -0.1) is 0 Å². The number of rotatable bonds is 10. The molecule has 0 aromatic heterocycles. The predicted octanol–water partition coefficient (Wildman–Crippen LogP) is 5.84. The Morgan fingerprint density at radius 1 is 0.941 bits per heavy atom. The van der Waals surface area contributed by atoms with Gasteiger partial charge in [0.05, 0.1) is 16.5 Å². The summed E-state index contributed by atoms with van der Waals surface area (Å²) in [6, 6.07) is 20.0. The summed E-state index contributed by atoms with van der Waals surface area (Å²) in [4.78, 5) is 28.3. The van der Waals surface area contributed by atoms with Crippen molar-refractivity contribution in [1.82, 2.24) is 10.2 Å². The molecule has 0 heterocycles. The zero-order valence-corrected chi connectivity index (χ0v) is 20.5. The highest BCUT2D eigenvalue weighted by Gasteiger charge is 2.30. The first kappa shape index (κ1) is 25.7. The van der Waals surface area contributed by atoms with Crippen LogP contribution >= 0.6 is 23.2 Å². The van der Waals surface area contributed by atoms with Crippen LogP contribution in [-0.4, -0.2) is 29.3 Å². The maximum Gasteiger partial charge on any atom is 0.243 e. The molecular formula is C27H27Cl2FN2O2. The first-order valence-corrected chi connectivity index (χ1v) is 11.9. The number of hydrogen-bond donors (Lipinski definition) is 1. The van der Waals surface area contributed by atoms with Crippen LogP contribution in [0.5, 0.6) is 0 Å².